The van der Waals surface area contributed by atoms with Gasteiger partial charge in [-0.1, -0.05) is 17.7 Å². The Bertz CT molecular complexity index is 1780. The van der Waals surface area contributed by atoms with Crippen molar-refractivity contribution >= 4 is 67.3 Å². The number of aromatic nitrogens is 2. The molecule has 11 nitrogen and oxygen atoms in total. The number of aryl methyl sites for hydroxylation is 3. The molecule has 3 aromatic heterocycles. The maximum atomic E-state index is 13.4. The van der Waals surface area contributed by atoms with Crippen molar-refractivity contribution in [3.05, 3.63) is 72.5 Å². The summed E-state index contributed by atoms with van der Waals surface area (Å²) >= 11 is 1.99. The van der Waals surface area contributed by atoms with Crippen molar-refractivity contribution in [3.8, 4) is 0 Å². The molecule has 4 rings (SSSR count). The summed E-state index contributed by atoms with van der Waals surface area (Å²) in [4.78, 5) is 69.8. The largest absolute Gasteiger partial charge is 0.462 e. The minimum Gasteiger partial charge on any atom is -0.462 e. The molecule has 0 aliphatic rings. The first-order valence-electron chi connectivity index (χ1n) is 13.1. The molecule has 0 bridgehead atoms. The highest BCUT2D eigenvalue weighted by molar-refractivity contribution is 7.20. The van der Waals surface area contributed by atoms with E-state index >= 15 is 0 Å². The fourth-order valence-corrected chi connectivity index (χ4v) is 6.52. The van der Waals surface area contributed by atoms with Gasteiger partial charge in [0, 0.05) is 5.69 Å². The Labute approximate surface area is 249 Å². The summed E-state index contributed by atoms with van der Waals surface area (Å²) in [6.07, 6.45) is 1.24. The zero-order valence-corrected chi connectivity index (χ0v) is 25.6. The number of benzene rings is 1. The predicted octanol–water partition coefficient (Wildman–Crippen LogP) is 5.00. The van der Waals surface area contributed by atoms with Gasteiger partial charge >= 0.3 is 11.9 Å². The van der Waals surface area contributed by atoms with Gasteiger partial charge in [0.05, 0.1) is 35.4 Å². The average molecular weight is 611 g/mol. The van der Waals surface area contributed by atoms with E-state index in [1.54, 1.807) is 27.7 Å². The van der Waals surface area contributed by atoms with Crippen molar-refractivity contribution in [3.63, 3.8) is 0 Å². The van der Waals surface area contributed by atoms with Gasteiger partial charge in [0.15, 0.2) is 0 Å². The number of carbonyl (C=O) groups is 4. The molecule has 3 heterocycles. The third-order valence-corrected chi connectivity index (χ3v) is 8.79. The van der Waals surface area contributed by atoms with Gasteiger partial charge < -0.3 is 20.1 Å². The number of esters is 2. The van der Waals surface area contributed by atoms with Crippen LogP contribution in [0.5, 0.6) is 0 Å². The first-order chi connectivity index (χ1) is 20.0. The number of carbonyl (C=O) groups excluding carboxylic acids is 4. The van der Waals surface area contributed by atoms with E-state index in [-0.39, 0.29) is 39.9 Å². The van der Waals surface area contributed by atoms with Crippen molar-refractivity contribution in [2.75, 3.05) is 23.8 Å². The number of hydrogen-bond acceptors (Lipinski definition) is 10. The third-order valence-electron chi connectivity index (χ3n) is 6.41. The van der Waals surface area contributed by atoms with E-state index in [9.17, 15) is 24.0 Å². The topological polar surface area (TPSA) is 146 Å². The van der Waals surface area contributed by atoms with E-state index in [0.717, 1.165) is 38.4 Å². The van der Waals surface area contributed by atoms with Crippen LogP contribution in [0.15, 0.2) is 29.3 Å². The molecule has 0 spiro atoms. The van der Waals surface area contributed by atoms with Crippen LogP contribution < -0.4 is 16.2 Å². The fourth-order valence-electron chi connectivity index (χ4n) is 4.38. The number of hydrogen-bond donors (Lipinski definition) is 2. The Balaban J connectivity index is 1.60. The van der Waals surface area contributed by atoms with E-state index < -0.39 is 29.9 Å². The molecule has 0 aliphatic carbocycles. The molecule has 42 heavy (non-hydrogen) atoms. The summed E-state index contributed by atoms with van der Waals surface area (Å²) in [6, 6.07) is 5.69. The third kappa shape index (κ3) is 6.11. The Morgan fingerprint density at radius 1 is 0.905 bits per heavy atom. The van der Waals surface area contributed by atoms with Crippen LogP contribution in [0.1, 0.15) is 65.8 Å². The Kier molecular flexibility index (Phi) is 9.22. The SMILES string of the molecule is CCOC(=O)c1sc(NC(=O)Cn2cnc3sc(C(=O)Nc4ccc(C)cc4C)c(C)c3c2=O)c(C(=O)OCC)c1C. The zero-order chi connectivity index (χ0) is 30.7. The van der Waals surface area contributed by atoms with Gasteiger partial charge in [0.1, 0.15) is 21.3 Å². The summed E-state index contributed by atoms with van der Waals surface area (Å²) < 4.78 is 11.3. The summed E-state index contributed by atoms with van der Waals surface area (Å²) in [5, 5.41) is 5.87. The van der Waals surface area contributed by atoms with Crippen molar-refractivity contribution in [1.29, 1.82) is 0 Å². The average Bonchev–Trinajstić information content (AvgIpc) is 3.44. The van der Waals surface area contributed by atoms with E-state index in [0.29, 0.717) is 26.5 Å². The lowest BCUT2D eigenvalue weighted by Crippen LogP contribution is -2.28. The molecule has 1 aromatic carbocycles. The van der Waals surface area contributed by atoms with Crippen LogP contribution in [0.2, 0.25) is 0 Å². The number of nitrogens with zero attached hydrogens (tertiary/aromatic N) is 2. The minimum atomic E-state index is -0.696. The Morgan fingerprint density at radius 3 is 2.26 bits per heavy atom. The first kappa shape index (κ1) is 30.6. The van der Waals surface area contributed by atoms with Crippen molar-refractivity contribution < 1.29 is 28.7 Å². The summed E-state index contributed by atoms with van der Waals surface area (Å²) in [5.41, 5.74) is 3.00. The van der Waals surface area contributed by atoms with Gasteiger partial charge in [0.25, 0.3) is 11.5 Å². The summed E-state index contributed by atoms with van der Waals surface area (Å²) in [7, 11) is 0. The summed E-state index contributed by atoms with van der Waals surface area (Å²) in [6.45, 7) is 10.2. The lowest BCUT2D eigenvalue weighted by Gasteiger charge is -2.09. The molecule has 0 aliphatic heterocycles. The van der Waals surface area contributed by atoms with E-state index in [1.165, 1.54) is 6.33 Å². The lowest BCUT2D eigenvalue weighted by molar-refractivity contribution is -0.116. The predicted molar refractivity (Wildman–Crippen MR) is 162 cm³/mol. The monoisotopic (exact) mass is 610 g/mol. The molecule has 0 fully saturated rings. The Morgan fingerprint density at radius 2 is 1.60 bits per heavy atom. The van der Waals surface area contributed by atoms with Crippen molar-refractivity contribution in [2.24, 2.45) is 0 Å². The van der Waals surface area contributed by atoms with E-state index in [2.05, 4.69) is 15.6 Å². The van der Waals surface area contributed by atoms with Crippen LogP contribution in [0.25, 0.3) is 10.2 Å². The van der Waals surface area contributed by atoms with Crippen molar-refractivity contribution in [1.82, 2.24) is 9.55 Å². The molecule has 0 atom stereocenters. The molecule has 0 unspecified atom stereocenters. The van der Waals surface area contributed by atoms with Gasteiger partial charge in [-0.3, -0.25) is 19.0 Å². The van der Waals surface area contributed by atoms with E-state index in [1.807, 2.05) is 32.0 Å². The zero-order valence-electron chi connectivity index (χ0n) is 24.0. The maximum Gasteiger partial charge on any atom is 0.348 e. The molecule has 0 saturated carbocycles. The molecule has 0 radical (unpaired) electrons. The molecule has 2 N–H and O–H groups in total. The number of nitrogens with one attached hydrogen (secondary N) is 2. The normalized spacial score (nSPS) is 10.9. The molecular formula is C29H30N4O7S2. The highest BCUT2D eigenvalue weighted by atomic mass is 32.1. The first-order valence-corrected chi connectivity index (χ1v) is 14.7. The highest BCUT2D eigenvalue weighted by Gasteiger charge is 2.28. The number of fused-ring (bicyclic) bond motifs is 1. The van der Waals surface area contributed by atoms with Gasteiger partial charge in [-0.05, 0) is 64.3 Å². The maximum absolute atomic E-state index is 13.4. The molecule has 2 amide bonds. The number of ether oxygens (including phenoxy) is 2. The number of anilines is 2. The number of thiophene rings is 2. The molecule has 13 heteroatoms. The second-order valence-electron chi connectivity index (χ2n) is 9.44. The second-order valence-corrected chi connectivity index (χ2v) is 11.5. The smallest absolute Gasteiger partial charge is 0.348 e. The second kappa shape index (κ2) is 12.7. The summed E-state index contributed by atoms with van der Waals surface area (Å²) in [5.74, 6) is -2.30. The minimum absolute atomic E-state index is 0.0484. The number of amides is 2. The van der Waals surface area contributed by atoms with Crippen molar-refractivity contribution in [2.45, 2.75) is 48.1 Å². The van der Waals surface area contributed by atoms with Crippen LogP contribution in [-0.2, 0) is 20.8 Å². The standard InChI is InChI=1S/C29H30N4O7S2/c1-7-39-28(37)21-17(6)23(29(38)40-8-2)42-26(21)32-19(34)12-33-13-30-25-20(27(33)36)16(5)22(41-25)24(35)31-18-10-9-14(3)11-15(18)4/h9-11,13H,7-8,12H2,1-6H3,(H,31,35)(H,32,34). The molecule has 4 aromatic rings. The number of rotatable bonds is 9. The van der Waals surface area contributed by atoms with Crippen LogP contribution >= 0.6 is 22.7 Å². The Hall–Kier alpha value is -4.36. The lowest BCUT2D eigenvalue weighted by atomic mass is 10.1. The quantitative estimate of drug-likeness (QED) is 0.252. The van der Waals surface area contributed by atoms with Gasteiger partial charge in [0.2, 0.25) is 5.91 Å². The van der Waals surface area contributed by atoms with E-state index in [4.69, 9.17) is 9.47 Å². The fraction of sp³-hybridized carbons (Fsp3) is 0.310. The van der Waals surface area contributed by atoms with Crippen LogP contribution in [0.4, 0.5) is 10.7 Å². The van der Waals surface area contributed by atoms with Gasteiger partial charge in [-0.15, -0.1) is 22.7 Å². The molecular weight excluding hydrogens is 580 g/mol. The molecule has 220 valence electrons. The van der Waals surface area contributed by atoms with Crippen LogP contribution in [-0.4, -0.2) is 46.5 Å². The molecule has 0 saturated heterocycles. The van der Waals surface area contributed by atoms with Crippen LogP contribution in [0, 0.1) is 27.7 Å². The van der Waals surface area contributed by atoms with Gasteiger partial charge in [-0.25, -0.2) is 14.6 Å². The van der Waals surface area contributed by atoms with Gasteiger partial charge in [-0.2, -0.15) is 0 Å². The highest BCUT2D eigenvalue weighted by Crippen LogP contribution is 2.34. The van der Waals surface area contributed by atoms with Crippen LogP contribution in [0.3, 0.4) is 0 Å².